The molecule has 2 rings (SSSR count). The number of benzene rings is 2. The summed E-state index contributed by atoms with van der Waals surface area (Å²) in [6, 6.07) is 18.3. The minimum Gasteiger partial charge on any atom is -0.493 e. The number of ether oxygens (including phenoxy) is 1. The number of hydrazone groups is 1. The van der Waals surface area contributed by atoms with Gasteiger partial charge in [-0.15, -0.1) is 0 Å². The summed E-state index contributed by atoms with van der Waals surface area (Å²) in [5.74, 6) is 0.892. The van der Waals surface area contributed by atoms with E-state index in [1.165, 1.54) is 5.56 Å². The SMILES string of the molecule is CN(C)/N=C/c1ccc(OCCc2ccccc2)cc1. The lowest BCUT2D eigenvalue weighted by atomic mass is 10.2. The predicted octanol–water partition coefficient (Wildman–Crippen LogP) is 3.20. The number of hydrogen-bond donors (Lipinski definition) is 0. The Morgan fingerprint density at radius 1 is 1.00 bits per heavy atom. The van der Waals surface area contributed by atoms with Gasteiger partial charge in [0.2, 0.25) is 0 Å². The largest absolute Gasteiger partial charge is 0.493 e. The lowest BCUT2D eigenvalue weighted by Gasteiger charge is -2.07. The van der Waals surface area contributed by atoms with Gasteiger partial charge in [0.25, 0.3) is 0 Å². The molecule has 0 spiro atoms. The second-order valence-corrected chi connectivity index (χ2v) is 4.74. The number of hydrogen-bond acceptors (Lipinski definition) is 3. The molecule has 20 heavy (non-hydrogen) atoms. The molecule has 0 radical (unpaired) electrons. The summed E-state index contributed by atoms with van der Waals surface area (Å²) in [4.78, 5) is 0. The Balaban J connectivity index is 1.82. The maximum atomic E-state index is 5.74. The molecular formula is C17H20N2O. The minimum atomic E-state index is 0.690. The Bertz CT molecular complexity index is 533. The smallest absolute Gasteiger partial charge is 0.119 e. The molecule has 3 nitrogen and oxygen atoms in total. The van der Waals surface area contributed by atoms with E-state index < -0.39 is 0 Å². The third-order valence-corrected chi connectivity index (χ3v) is 2.82. The van der Waals surface area contributed by atoms with Crippen molar-refractivity contribution in [1.82, 2.24) is 5.01 Å². The zero-order chi connectivity index (χ0) is 14.2. The summed E-state index contributed by atoms with van der Waals surface area (Å²) < 4.78 is 5.74. The Labute approximate surface area is 120 Å². The Morgan fingerprint density at radius 3 is 2.35 bits per heavy atom. The molecule has 3 heteroatoms. The zero-order valence-electron chi connectivity index (χ0n) is 12.0. The quantitative estimate of drug-likeness (QED) is 0.593. The van der Waals surface area contributed by atoms with Crippen molar-refractivity contribution in [1.29, 1.82) is 0 Å². The molecule has 0 bridgehead atoms. The highest BCUT2D eigenvalue weighted by Crippen LogP contribution is 2.12. The number of nitrogens with zero attached hydrogens (tertiary/aromatic N) is 2. The van der Waals surface area contributed by atoms with Gasteiger partial charge in [0.05, 0.1) is 12.8 Å². The lowest BCUT2D eigenvalue weighted by molar-refractivity contribution is 0.322. The van der Waals surface area contributed by atoms with E-state index in [0.717, 1.165) is 17.7 Å². The van der Waals surface area contributed by atoms with E-state index >= 15 is 0 Å². The fourth-order valence-corrected chi connectivity index (χ4v) is 1.76. The molecule has 2 aromatic carbocycles. The summed E-state index contributed by atoms with van der Waals surface area (Å²) in [6.07, 6.45) is 2.75. The molecule has 0 heterocycles. The van der Waals surface area contributed by atoms with Gasteiger partial charge in [0, 0.05) is 20.5 Å². The van der Waals surface area contributed by atoms with Crippen molar-refractivity contribution in [3.63, 3.8) is 0 Å². The van der Waals surface area contributed by atoms with Crippen LogP contribution in [-0.4, -0.2) is 31.9 Å². The molecule has 2 aromatic rings. The van der Waals surface area contributed by atoms with Crippen LogP contribution in [0, 0.1) is 0 Å². The van der Waals surface area contributed by atoms with Crippen molar-refractivity contribution in [2.24, 2.45) is 5.10 Å². The molecule has 0 atom stereocenters. The van der Waals surface area contributed by atoms with Crippen LogP contribution in [-0.2, 0) is 6.42 Å². The molecule has 0 aromatic heterocycles. The van der Waals surface area contributed by atoms with Gasteiger partial charge in [-0.25, -0.2) is 0 Å². The fraction of sp³-hybridized carbons (Fsp3) is 0.235. The molecule has 0 saturated heterocycles. The summed E-state index contributed by atoms with van der Waals surface area (Å²) in [5.41, 5.74) is 2.36. The first-order valence-corrected chi connectivity index (χ1v) is 6.72. The van der Waals surface area contributed by atoms with Crippen LogP contribution in [0.1, 0.15) is 11.1 Å². The van der Waals surface area contributed by atoms with E-state index in [1.807, 2.05) is 62.8 Å². The maximum Gasteiger partial charge on any atom is 0.119 e. The van der Waals surface area contributed by atoms with E-state index in [4.69, 9.17) is 4.74 Å². The molecule has 0 aliphatic rings. The Hall–Kier alpha value is -2.29. The molecule has 0 amide bonds. The van der Waals surface area contributed by atoms with E-state index in [-0.39, 0.29) is 0 Å². The highest BCUT2D eigenvalue weighted by molar-refractivity contribution is 5.79. The Kier molecular flexibility index (Phi) is 5.18. The predicted molar refractivity (Wildman–Crippen MR) is 83.4 cm³/mol. The van der Waals surface area contributed by atoms with E-state index in [9.17, 15) is 0 Å². The van der Waals surface area contributed by atoms with Gasteiger partial charge in [0.1, 0.15) is 5.75 Å². The zero-order valence-corrected chi connectivity index (χ0v) is 12.0. The highest BCUT2D eigenvalue weighted by Gasteiger charge is 1.96. The van der Waals surface area contributed by atoms with Crippen LogP contribution >= 0.6 is 0 Å². The van der Waals surface area contributed by atoms with Gasteiger partial charge in [0.15, 0.2) is 0 Å². The normalized spacial score (nSPS) is 10.7. The number of rotatable bonds is 6. The topological polar surface area (TPSA) is 24.8 Å². The second kappa shape index (κ2) is 7.34. The molecule has 104 valence electrons. The van der Waals surface area contributed by atoms with Crippen LogP contribution in [0.4, 0.5) is 0 Å². The third kappa shape index (κ3) is 4.76. The van der Waals surface area contributed by atoms with Crippen LogP contribution in [0.2, 0.25) is 0 Å². The average molecular weight is 268 g/mol. The van der Waals surface area contributed by atoms with Gasteiger partial charge in [-0.2, -0.15) is 5.10 Å². The molecule has 0 N–H and O–H groups in total. The molecule has 0 saturated carbocycles. The van der Waals surface area contributed by atoms with Crippen molar-refractivity contribution >= 4 is 6.21 Å². The van der Waals surface area contributed by atoms with Crippen molar-refractivity contribution in [3.05, 3.63) is 65.7 Å². The maximum absolute atomic E-state index is 5.74. The Morgan fingerprint density at radius 2 is 1.70 bits per heavy atom. The van der Waals surface area contributed by atoms with Crippen molar-refractivity contribution in [3.8, 4) is 5.75 Å². The van der Waals surface area contributed by atoms with E-state index in [1.54, 1.807) is 5.01 Å². The van der Waals surface area contributed by atoms with Gasteiger partial charge >= 0.3 is 0 Å². The average Bonchev–Trinajstić information content (AvgIpc) is 2.47. The summed E-state index contributed by atoms with van der Waals surface area (Å²) in [7, 11) is 3.80. The summed E-state index contributed by atoms with van der Waals surface area (Å²) in [5, 5.41) is 5.96. The van der Waals surface area contributed by atoms with Gasteiger partial charge in [-0.1, -0.05) is 30.3 Å². The van der Waals surface area contributed by atoms with Crippen molar-refractivity contribution in [2.45, 2.75) is 6.42 Å². The van der Waals surface area contributed by atoms with Gasteiger partial charge in [-0.05, 0) is 35.4 Å². The lowest BCUT2D eigenvalue weighted by Crippen LogP contribution is -2.02. The summed E-state index contributed by atoms with van der Waals surface area (Å²) in [6.45, 7) is 0.690. The molecule has 0 aliphatic heterocycles. The summed E-state index contributed by atoms with van der Waals surface area (Å²) >= 11 is 0. The molecule has 0 fully saturated rings. The first-order chi connectivity index (χ1) is 9.74. The monoisotopic (exact) mass is 268 g/mol. The van der Waals surface area contributed by atoms with Crippen molar-refractivity contribution < 1.29 is 4.74 Å². The third-order valence-electron chi connectivity index (χ3n) is 2.82. The van der Waals surface area contributed by atoms with Gasteiger partial charge < -0.3 is 9.75 Å². The van der Waals surface area contributed by atoms with Crippen LogP contribution in [0.25, 0.3) is 0 Å². The van der Waals surface area contributed by atoms with E-state index in [0.29, 0.717) is 6.61 Å². The molecular weight excluding hydrogens is 248 g/mol. The first kappa shape index (κ1) is 14.1. The van der Waals surface area contributed by atoms with Crippen LogP contribution in [0.15, 0.2) is 59.7 Å². The minimum absolute atomic E-state index is 0.690. The van der Waals surface area contributed by atoms with Crippen LogP contribution in [0.5, 0.6) is 5.75 Å². The standard InChI is InChI=1S/C17H20N2O/c1-19(2)18-14-16-8-10-17(11-9-16)20-13-12-15-6-4-3-5-7-15/h3-11,14H,12-13H2,1-2H3/b18-14+. The van der Waals surface area contributed by atoms with Gasteiger partial charge in [-0.3, -0.25) is 0 Å². The van der Waals surface area contributed by atoms with E-state index in [2.05, 4.69) is 17.2 Å². The van der Waals surface area contributed by atoms with Crippen molar-refractivity contribution in [2.75, 3.05) is 20.7 Å². The fourth-order valence-electron chi connectivity index (χ4n) is 1.76. The highest BCUT2D eigenvalue weighted by atomic mass is 16.5. The van der Waals surface area contributed by atoms with Crippen LogP contribution in [0.3, 0.4) is 0 Å². The molecule has 0 unspecified atom stereocenters. The molecule has 0 aliphatic carbocycles. The van der Waals surface area contributed by atoms with Crippen LogP contribution < -0.4 is 4.74 Å². The second-order valence-electron chi connectivity index (χ2n) is 4.74. The first-order valence-electron chi connectivity index (χ1n) is 6.72.